The maximum Gasteiger partial charge on any atom is 0.242 e. The van der Waals surface area contributed by atoms with Gasteiger partial charge in [0.25, 0.3) is 0 Å². The Morgan fingerprint density at radius 3 is 2.57 bits per heavy atom. The summed E-state index contributed by atoms with van der Waals surface area (Å²) < 4.78 is 10.6. The van der Waals surface area contributed by atoms with Crippen LogP contribution in [0.25, 0.3) is 0 Å². The molecule has 1 heterocycles. The summed E-state index contributed by atoms with van der Waals surface area (Å²) in [5, 5.41) is 2.59. The van der Waals surface area contributed by atoms with Crippen molar-refractivity contribution in [2.45, 2.75) is 26.3 Å². The standard InChI is InChI=1S/C21H33N3O4/c1-17(25)22-14-21(26)24(12-13-27-2)15-18-8-10-23(11-9-18)16-19-6-4-5-7-20(19)28-3/h4-7,18H,8-16H2,1-3H3,(H,22,25). The van der Waals surface area contributed by atoms with E-state index in [9.17, 15) is 9.59 Å². The van der Waals surface area contributed by atoms with E-state index in [2.05, 4.69) is 16.3 Å². The Bertz CT molecular complexity index is 630. The van der Waals surface area contributed by atoms with E-state index in [1.807, 2.05) is 23.1 Å². The van der Waals surface area contributed by atoms with Crippen LogP contribution in [-0.4, -0.2) is 75.2 Å². The number of piperidine rings is 1. The average molecular weight is 392 g/mol. The Labute approximate surface area is 168 Å². The summed E-state index contributed by atoms with van der Waals surface area (Å²) in [5.41, 5.74) is 1.20. The molecule has 1 saturated heterocycles. The van der Waals surface area contributed by atoms with E-state index < -0.39 is 0 Å². The van der Waals surface area contributed by atoms with Crippen LogP contribution in [0.3, 0.4) is 0 Å². The minimum atomic E-state index is -0.190. The normalized spacial score (nSPS) is 15.2. The number of hydrogen-bond acceptors (Lipinski definition) is 5. The monoisotopic (exact) mass is 391 g/mol. The molecule has 0 bridgehead atoms. The zero-order valence-corrected chi connectivity index (χ0v) is 17.3. The van der Waals surface area contributed by atoms with Gasteiger partial charge in [0, 0.05) is 39.2 Å². The SMILES string of the molecule is COCCN(CC1CCN(Cc2ccccc2OC)CC1)C(=O)CNC(C)=O. The zero-order valence-electron chi connectivity index (χ0n) is 17.3. The fraction of sp³-hybridized carbons (Fsp3) is 0.619. The molecule has 0 saturated carbocycles. The summed E-state index contributed by atoms with van der Waals surface area (Å²) in [6.07, 6.45) is 2.10. The van der Waals surface area contributed by atoms with Gasteiger partial charge in [0.15, 0.2) is 0 Å². The van der Waals surface area contributed by atoms with Gasteiger partial charge in [-0.2, -0.15) is 0 Å². The zero-order chi connectivity index (χ0) is 20.4. The highest BCUT2D eigenvalue weighted by Crippen LogP contribution is 2.24. The Morgan fingerprint density at radius 2 is 1.93 bits per heavy atom. The molecule has 0 aromatic heterocycles. The largest absolute Gasteiger partial charge is 0.496 e. The molecular weight excluding hydrogens is 358 g/mol. The molecule has 1 aliphatic heterocycles. The fourth-order valence-electron chi connectivity index (χ4n) is 3.54. The number of carbonyl (C=O) groups excluding carboxylic acids is 2. The van der Waals surface area contributed by atoms with Gasteiger partial charge in [-0.15, -0.1) is 0 Å². The first-order valence-electron chi connectivity index (χ1n) is 9.89. The second-order valence-corrected chi connectivity index (χ2v) is 7.27. The Morgan fingerprint density at radius 1 is 1.21 bits per heavy atom. The maximum atomic E-state index is 12.4. The molecule has 0 unspecified atom stereocenters. The van der Waals surface area contributed by atoms with Crippen LogP contribution in [0.15, 0.2) is 24.3 Å². The van der Waals surface area contributed by atoms with Crippen molar-refractivity contribution >= 4 is 11.8 Å². The third kappa shape index (κ3) is 7.13. The first-order chi connectivity index (χ1) is 13.5. The third-order valence-corrected chi connectivity index (χ3v) is 5.18. The number of nitrogens with zero attached hydrogens (tertiary/aromatic N) is 2. The molecule has 2 rings (SSSR count). The summed E-state index contributed by atoms with van der Waals surface area (Å²) in [6.45, 7) is 6.11. The number of carbonyl (C=O) groups is 2. The van der Waals surface area contributed by atoms with E-state index in [4.69, 9.17) is 9.47 Å². The van der Waals surface area contributed by atoms with Crippen molar-refractivity contribution in [2.75, 3.05) is 53.6 Å². The smallest absolute Gasteiger partial charge is 0.242 e. The van der Waals surface area contributed by atoms with Crippen LogP contribution in [-0.2, 0) is 20.9 Å². The number of amides is 2. The number of ether oxygens (including phenoxy) is 2. The minimum Gasteiger partial charge on any atom is -0.496 e. The number of likely N-dealkylation sites (tertiary alicyclic amines) is 1. The van der Waals surface area contributed by atoms with E-state index in [1.165, 1.54) is 12.5 Å². The number of methoxy groups -OCH3 is 2. The third-order valence-electron chi connectivity index (χ3n) is 5.18. The van der Waals surface area contributed by atoms with E-state index in [1.54, 1.807) is 14.2 Å². The average Bonchev–Trinajstić information content (AvgIpc) is 2.71. The summed E-state index contributed by atoms with van der Waals surface area (Å²) in [4.78, 5) is 27.8. The van der Waals surface area contributed by atoms with Gasteiger partial charge >= 0.3 is 0 Å². The highest BCUT2D eigenvalue weighted by Gasteiger charge is 2.24. The number of nitrogens with one attached hydrogen (secondary N) is 1. The van der Waals surface area contributed by atoms with Crippen LogP contribution in [0.5, 0.6) is 5.75 Å². The van der Waals surface area contributed by atoms with Gasteiger partial charge in [-0.05, 0) is 37.9 Å². The van der Waals surface area contributed by atoms with Crippen molar-refractivity contribution in [3.8, 4) is 5.75 Å². The van der Waals surface area contributed by atoms with Gasteiger partial charge in [0.2, 0.25) is 11.8 Å². The summed E-state index contributed by atoms with van der Waals surface area (Å²) in [7, 11) is 3.34. The van der Waals surface area contributed by atoms with Crippen molar-refractivity contribution in [1.29, 1.82) is 0 Å². The van der Waals surface area contributed by atoms with Gasteiger partial charge < -0.3 is 19.7 Å². The highest BCUT2D eigenvalue weighted by atomic mass is 16.5. The molecule has 1 fully saturated rings. The Hall–Kier alpha value is -2.12. The molecule has 2 amide bonds. The topological polar surface area (TPSA) is 71.1 Å². The van der Waals surface area contributed by atoms with Crippen LogP contribution in [0, 0.1) is 5.92 Å². The summed E-state index contributed by atoms with van der Waals surface area (Å²) >= 11 is 0. The van der Waals surface area contributed by atoms with Crippen LogP contribution in [0.2, 0.25) is 0 Å². The molecule has 1 aliphatic rings. The van der Waals surface area contributed by atoms with E-state index in [-0.39, 0.29) is 18.4 Å². The van der Waals surface area contributed by atoms with Crippen molar-refractivity contribution in [2.24, 2.45) is 5.92 Å². The molecule has 156 valence electrons. The molecule has 7 heteroatoms. The van der Waals surface area contributed by atoms with Crippen molar-refractivity contribution in [1.82, 2.24) is 15.1 Å². The molecule has 1 aromatic carbocycles. The minimum absolute atomic E-state index is 0.0473. The molecular formula is C21H33N3O4. The predicted molar refractivity (Wildman–Crippen MR) is 108 cm³/mol. The van der Waals surface area contributed by atoms with E-state index in [0.717, 1.165) is 38.2 Å². The van der Waals surface area contributed by atoms with Crippen LogP contribution in [0.4, 0.5) is 0 Å². The number of benzene rings is 1. The van der Waals surface area contributed by atoms with Crippen molar-refractivity contribution in [3.63, 3.8) is 0 Å². The summed E-state index contributed by atoms with van der Waals surface area (Å²) in [5.74, 6) is 1.15. The predicted octanol–water partition coefficient (Wildman–Crippen LogP) is 1.52. The van der Waals surface area contributed by atoms with Gasteiger partial charge in [0.1, 0.15) is 5.75 Å². The first-order valence-corrected chi connectivity index (χ1v) is 9.89. The molecule has 7 nitrogen and oxygen atoms in total. The Kier molecular flexibility index (Phi) is 9.23. The fourth-order valence-corrected chi connectivity index (χ4v) is 3.54. The molecule has 0 spiro atoms. The molecule has 1 aromatic rings. The van der Waals surface area contributed by atoms with Crippen LogP contribution >= 0.6 is 0 Å². The van der Waals surface area contributed by atoms with E-state index in [0.29, 0.717) is 25.6 Å². The molecule has 0 atom stereocenters. The van der Waals surface area contributed by atoms with Gasteiger partial charge in [0.05, 0.1) is 20.3 Å². The molecule has 0 radical (unpaired) electrons. The van der Waals surface area contributed by atoms with Gasteiger partial charge in [-0.3, -0.25) is 14.5 Å². The number of rotatable bonds is 10. The number of hydrogen-bond donors (Lipinski definition) is 1. The second kappa shape index (κ2) is 11.7. The lowest BCUT2D eigenvalue weighted by molar-refractivity contribution is -0.133. The lowest BCUT2D eigenvalue weighted by Gasteiger charge is -2.35. The van der Waals surface area contributed by atoms with Gasteiger partial charge in [-0.1, -0.05) is 18.2 Å². The molecule has 1 N–H and O–H groups in total. The first kappa shape index (κ1) is 22.2. The highest BCUT2D eigenvalue weighted by molar-refractivity contribution is 5.83. The second-order valence-electron chi connectivity index (χ2n) is 7.27. The van der Waals surface area contributed by atoms with E-state index >= 15 is 0 Å². The lowest BCUT2D eigenvalue weighted by Crippen LogP contribution is -2.45. The molecule has 0 aliphatic carbocycles. The Balaban J connectivity index is 1.84. The van der Waals surface area contributed by atoms with Crippen molar-refractivity contribution < 1.29 is 19.1 Å². The van der Waals surface area contributed by atoms with Gasteiger partial charge in [-0.25, -0.2) is 0 Å². The summed E-state index contributed by atoms with van der Waals surface area (Å²) in [6, 6.07) is 8.13. The lowest BCUT2D eigenvalue weighted by atomic mass is 9.95. The van der Waals surface area contributed by atoms with Crippen LogP contribution < -0.4 is 10.1 Å². The maximum absolute atomic E-state index is 12.4. The molecule has 28 heavy (non-hydrogen) atoms. The quantitative estimate of drug-likeness (QED) is 0.655. The van der Waals surface area contributed by atoms with Crippen molar-refractivity contribution in [3.05, 3.63) is 29.8 Å². The van der Waals surface area contributed by atoms with Crippen LogP contribution in [0.1, 0.15) is 25.3 Å². The number of para-hydroxylation sites is 1.